The maximum atomic E-state index is 13.5. The molecule has 0 bridgehead atoms. The molecule has 5 amide bonds. The van der Waals surface area contributed by atoms with Gasteiger partial charge in [0.1, 0.15) is 12.1 Å². The van der Waals surface area contributed by atoms with Gasteiger partial charge in [0.25, 0.3) is 11.8 Å². The Balaban J connectivity index is 1.34. The van der Waals surface area contributed by atoms with E-state index in [1.165, 1.54) is 9.80 Å². The minimum atomic E-state index is -4.63. The lowest BCUT2D eigenvalue weighted by Crippen LogP contribution is -2.55. The van der Waals surface area contributed by atoms with Crippen LogP contribution in [0.2, 0.25) is 0 Å². The number of hydrogen-bond acceptors (Lipinski definition) is 8. The summed E-state index contributed by atoms with van der Waals surface area (Å²) in [7, 11) is 0. The minimum Gasteiger partial charge on any atom is -0.481 e. The van der Waals surface area contributed by atoms with Crippen molar-refractivity contribution in [3.05, 3.63) is 41.6 Å². The SMILES string of the molecule is O=C(O)CCC(NC(=O)c1cc(OCC(=O)N2CCCC2C(=O)NC2CCC2)n(-c2ccc(C(F)(F)F)cc2)n1)C(=O)N1CCN(C(=O)O)CC1. The Morgan fingerprint density at radius 2 is 1.59 bits per heavy atom. The third-order valence-corrected chi connectivity index (χ3v) is 9.13. The molecule has 51 heavy (non-hydrogen) atoms. The molecule has 2 atom stereocenters. The monoisotopic (exact) mass is 721 g/mol. The molecule has 4 N–H and O–H groups in total. The van der Waals surface area contributed by atoms with Gasteiger partial charge in [0.15, 0.2) is 12.3 Å². The molecule has 1 saturated carbocycles. The molecule has 2 saturated heterocycles. The Hall–Kier alpha value is -5.36. The molecule has 2 unspecified atom stereocenters. The fourth-order valence-corrected chi connectivity index (χ4v) is 6.06. The van der Waals surface area contributed by atoms with Crippen LogP contribution in [0.25, 0.3) is 5.69 Å². The number of alkyl halides is 3. The van der Waals surface area contributed by atoms with Gasteiger partial charge in [-0.2, -0.15) is 18.3 Å². The zero-order valence-electron chi connectivity index (χ0n) is 27.4. The van der Waals surface area contributed by atoms with Crippen molar-refractivity contribution in [1.29, 1.82) is 0 Å². The summed E-state index contributed by atoms with van der Waals surface area (Å²) in [6.07, 6.45) is -2.75. The molecule has 3 heterocycles. The molecular formula is C32H38F3N7O9. The summed E-state index contributed by atoms with van der Waals surface area (Å²) in [6.45, 7) is -0.225. The molecule has 5 rings (SSSR count). The fourth-order valence-electron chi connectivity index (χ4n) is 6.06. The molecule has 1 aromatic carbocycles. The number of aromatic nitrogens is 2. The van der Waals surface area contributed by atoms with Crippen molar-refractivity contribution in [2.45, 2.75) is 69.2 Å². The fraction of sp³-hybridized carbons (Fsp3) is 0.531. The van der Waals surface area contributed by atoms with Crippen molar-refractivity contribution in [2.75, 3.05) is 39.3 Å². The second-order valence-corrected chi connectivity index (χ2v) is 12.5. The number of carboxylic acid groups (broad SMARTS) is 2. The molecule has 0 spiro atoms. The number of piperazine rings is 1. The number of amides is 5. The van der Waals surface area contributed by atoms with Crippen molar-refractivity contribution in [3.8, 4) is 11.6 Å². The first-order valence-corrected chi connectivity index (χ1v) is 16.5. The van der Waals surface area contributed by atoms with E-state index in [0.717, 1.165) is 59.2 Å². The number of hydrogen-bond donors (Lipinski definition) is 4. The number of nitrogens with zero attached hydrogens (tertiary/aromatic N) is 5. The van der Waals surface area contributed by atoms with Crippen LogP contribution >= 0.6 is 0 Å². The van der Waals surface area contributed by atoms with Gasteiger partial charge in [-0.15, -0.1) is 0 Å². The maximum Gasteiger partial charge on any atom is 0.416 e. The highest BCUT2D eigenvalue weighted by atomic mass is 19.4. The van der Waals surface area contributed by atoms with Crippen molar-refractivity contribution in [2.24, 2.45) is 0 Å². The lowest BCUT2D eigenvalue weighted by atomic mass is 9.93. The van der Waals surface area contributed by atoms with Crippen LogP contribution in [0.4, 0.5) is 18.0 Å². The molecule has 1 aliphatic carbocycles. The number of carbonyl (C=O) groups excluding carboxylic acids is 4. The summed E-state index contributed by atoms with van der Waals surface area (Å²) in [5, 5.41) is 28.1. The van der Waals surface area contributed by atoms with E-state index >= 15 is 0 Å². The topological polar surface area (TPSA) is 204 Å². The zero-order chi connectivity index (χ0) is 36.9. The average molecular weight is 722 g/mol. The second-order valence-electron chi connectivity index (χ2n) is 12.5. The highest BCUT2D eigenvalue weighted by Gasteiger charge is 2.37. The molecule has 2 aromatic rings. The van der Waals surface area contributed by atoms with Gasteiger partial charge in [0.2, 0.25) is 17.7 Å². The summed E-state index contributed by atoms with van der Waals surface area (Å²) >= 11 is 0. The highest BCUT2D eigenvalue weighted by Crippen LogP contribution is 2.30. The van der Waals surface area contributed by atoms with Crippen molar-refractivity contribution < 1.29 is 56.9 Å². The van der Waals surface area contributed by atoms with Crippen LogP contribution in [0.5, 0.6) is 5.88 Å². The number of likely N-dealkylation sites (tertiary alicyclic amines) is 1. The first-order valence-electron chi connectivity index (χ1n) is 16.5. The highest BCUT2D eigenvalue weighted by molar-refractivity contribution is 5.96. The normalized spacial score (nSPS) is 18.5. The molecule has 16 nitrogen and oxygen atoms in total. The minimum absolute atomic E-state index is 0.0132. The van der Waals surface area contributed by atoms with Crippen LogP contribution in [-0.4, -0.2) is 128 Å². The van der Waals surface area contributed by atoms with E-state index in [4.69, 9.17) is 4.74 Å². The Morgan fingerprint density at radius 1 is 0.922 bits per heavy atom. The largest absolute Gasteiger partial charge is 0.481 e. The van der Waals surface area contributed by atoms with Crippen molar-refractivity contribution >= 4 is 35.7 Å². The van der Waals surface area contributed by atoms with Crippen molar-refractivity contribution in [3.63, 3.8) is 0 Å². The number of nitrogens with one attached hydrogen (secondary N) is 2. The number of benzene rings is 1. The van der Waals surface area contributed by atoms with Crippen LogP contribution in [0, 0.1) is 0 Å². The Kier molecular flexibility index (Phi) is 11.3. The number of rotatable bonds is 12. The number of carboxylic acids is 1. The Bertz CT molecular complexity index is 1640. The molecule has 3 fully saturated rings. The molecular weight excluding hydrogens is 683 g/mol. The first-order chi connectivity index (χ1) is 24.2. The van der Waals surface area contributed by atoms with Gasteiger partial charge < -0.3 is 40.3 Å². The van der Waals surface area contributed by atoms with E-state index in [2.05, 4.69) is 15.7 Å². The third-order valence-electron chi connectivity index (χ3n) is 9.13. The maximum absolute atomic E-state index is 13.5. The standard InChI is InChI=1S/C32H38F3N7O9/c33-32(34,35)19-6-8-21(9-7-19)42-26(51-18-25(43)41-12-2-5-24(41)29(47)36-20-3-1-4-20)17-23(38-42)28(46)37-22(10-11-27(44)45)30(48)39-13-15-40(16-14-39)31(49)50/h6-9,17,20,22,24H,1-5,10-16,18H2,(H,36,47)(H,37,46)(H,44,45)(H,49,50). The van der Waals surface area contributed by atoms with E-state index in [1.807, 2.05) is 0 Å². The summed E-state index contributed by atoms with van der Waals surface area (Å²) in [5.74, 6) is -3.81. The summed E-state index contributed by atoms with van der Waals surface area (Å²) in [6, 6.07) is 2.94. The number of halogens is 3. The molecule has 0 radical (unpaired) electrons. The molecule has 2 aliphatic heterocycles. The predicted octanol–water partition coefficient (Wildman–Crippen LogP) is 1.72. The van der Waals surface area contributed by atoms with E-state index < -0.39 is 66.6 Å². The Labute approximate surface area is 289 Å². The number of carbonyl (C=O) groups is 6. The molecule has 19 heteroatoms. The predicted molar refractivity (Wildman–Crippen MR) is 169 cm³/mol. The van der Waals surface area contributed by atoms with Gasteiger partial charge in [0, 0.05) is 51.3 Å². The van der Waals surface area contributed by atoms with Gasteiger partial charge in [-0.25, -0.2) is 9.48 Å². The summed E-state index contributed by atoms with van der Waals surface area (Å²) in [4.78, 5) is 79.4. The Morgan fingerprint density at radius 3 is 2.18 bits per heavy atom. The van der Waals surface area contributed by atoms with Gasteiger partial charge in [-0.1, -0.05) is 0 Å². The smallest absolute Gasteiger partial charge is 0.416 e. The van der Waals surface area contributed by atoms with E-state index in [1.54, 1.807) is 0 Å². The van der Waals surface area contributed by atoms with Crippen LogP contribution in [0.15, 0.2) is 30.3 Å². The van der Waals surface area contributed by atoms with Gasteiger partial charge >= 0.3 is 18.2 Å². The lowest BCUT2D eigenvalue weighted by molar-refractivity contribution is -0.140. The quantitative estimate of drug-likeness (QED) is 0.250. The van der Waals surface area contributed by atoms with Crippen molar-refractivity contribution in [1.82, 2.24) is 35.1 Å². The number of ether oxygens (including phenoxy) is 1. The van der Waals surface area contributed by atoms with E-state index in [0.29, 0.717) is 19.4 Å². The van der Waals surface area contributed by atoms with Gasteiger partial charge in [0.05, 0.1) is 11.3 Å². The lowest BCUT2D eigenvalue weighted by Gasteiger charge is -2.35. The zero-order valence-corrected chi connectivity index (χ0v) is 27.4. The third kappa shape index (κ3) is 9.06. The molecule has 3 aliphatic rings. The molecule has 1 aromatic heterocycles. The van der Waals surface area contributed by atoms with E-state index in [9.17, 15) is 52.2 Å². The van der Waals surface area contributed by atoms with Crippen LogP contribution in [0.3, 0.4) is 0 Å². The van der Waals surface area contributed by atoms with Gasteiger partial charge in [-0.05, 0) is 62.8 Å². The number of aliphatic carboxylic acids is 1. The summed E-state index contributed by atoms with van der Waals surface area (Å²) in [5.41, 5.74) is -1.27. The molecule has 276 valence electrons. The second kappa shape index (κ2) is 15.7. The summed E-state index contributed by atoms with van der Waals surface area (Å²) < 4.78 is 46.6. The van der Waals surface area contributed by atoms with Crippen LogP contribution in [0.1, 0.15) is 61.0 Å². The van der Waals surface area contributed by atoms with Crippen LogP contribution in [-0.2, 0) is 25.4 Å². The average Bonchev–Trinajstić information content (AvgIpc) is 3.75. The van der Waals surface area contributed by atoms with Crippen LogP contribution < -0.4 is 15.4 Å². The first kappa shape index (κ1) is 36.9. The van der Waals surface area contributed by atoms with E-state index in [-0.39, 0.29) is 61.8 Å². The van der Waals surface area contributed by atoms with Gasteiger partial charge in [-0.3, -0.25) is 24.0 Å².